The summed E-state index contributed by atoms with van der Waals surface area (Å²) in [5.74, 6) is 0.478. The zero-order chi connectivity index (χ0) is 55.7. The molecule has 0 spiro atoms. The highest BCUT2D eigenvalue weighted by atomic mass is 16.5. The van der Waals surface area contributed by atoms with Crippen molar-refractivity contribution in [3.63, 3.8) is 0 Å². The van der Waals surface area contributed by atoms with E-state index in [0.29, 0.717) is 48.7 Å². The van der Waals surface area contributed by atoms with Gasteiger partial charge in [0.2, 0.25) is 0 Å². The number of rotatable bonds is 45. The van der Waals surface area contributed by atoms with Crippen molar-refractivity contribution in [2.75, 3.05) is 0 Å². The molecule has 0 bridgehead atoms. The number of carbonyl (C=O) groups is 4. The van der Waals surface area contributed by atoms with Crippen molar-refractivity contribution in [3.8, 4) is 23.0 Å². The monoisotopic (exact) mass is 1070 g/mol. The van der Waals surface area contributed by atoms with Crippen LogP contribution >= 0.6 is 0 Å². The fraction of sp³-hybridized carbons (Fsp3) is 0.600. The molecule has 0 aromatic heterocycles. The molecule has 78 heavy (non-hydrogen) atoms. The molecule has 0 aliphatic carbocycles. The maximum Gasteiger partial charge on any atom is 0.311 e. The second-order valence-electron chi connectivity index (χ2n) is 22.0. The first-order valence-electron chi connectivity index (χ1n) is 31.5. The summed E-state index contributed by atoms with van der Waals surface area (Å²) in [7, 11) is 0. The Balaban J connectivity index is 1.59. The average Bonchev–Trinajstić information content (AvgIpc) is 3.57. The molecular formula is C70H102O8. The summed E-state index contributed by atoms with van der Waals surface area (Å²) in [6.07, 6.45) is 38.4. The van der Waals surface area contributed by atoms with E-state index in [1.165, 1.54) is 128 Å². The Kier molecular flexibility index (Phi) is 34.9. The van der Waals surface area contributed by atoms with Crippen LogP contribution in [-0.4, -0.2) is 23.9 Å². The number of esters is 4. The van der Waals surface area contributed by atoms with Crippen molar-refractivity contribution in [2.24, 2.45) is 0 Å². The van der Waals surface area contributed by atoms with E-state index in [9.17, 15) is 19.2 Å². The van der Waals surface area contributed by atoms with Gasteiger partial charge in [-0.1, -0.05) is 256 Å². The lowest BCUT2D eigenvalue weighted by atomic mass is 9.73. The molecule has 0 aliphatic heterocycles. The van der Waals surface area contributed by atoms with Gasteiger partial charge >= 0.3 is 23.9 Å². The molecule has 430 valence electrons. The number of ether oxygens (including phenoxy) is 4. The van der Waals surface area contributed by atoms with Gasteiger partial charge in [0.05, 0.1) is 0 Å². The van der Waals surface area contributed by atoms with Crippen LogP contribution in [-0.2, 0) is 19.2 Å². The van der Waals surface area contributed by atoms with Gasteiger partial charge in [0.1, 0.15) is 23.0 Å². The van der Waals surface area contributed by atoms with E-state index in [0.717, 1.165) is 99.3 Å². The van der Waals surface area contributed by atoms with Crippen LogP contribution in [0.1, 0.15) is 293 Å². The quantitative estimate of drug-likeness (QED) is 0.0245. The SMILES string of the molecule is CCCCCCCCCCC(=O)Oc1ccc(C(c2ccc(OC(=O)CCCCCCCCCC)cc2)C(c2ccc(OC(=O)CCCCCCCCCC)cc2)c2ccc(OC(=O)CCCCCCCCCC)cc2)cc1. The minimum absolute atomic E-state index is 0.229. The highest BCUT2D eigenvalue weighted by Crippen LogP contribution is 2.44. The molecule has 4 rings (SSSR count). The van der Waals surface area contributed by atoms with E-state index >= 15 is 0 Å². The van der Waals surface area contributed by atoms with E-state index < -0.39 is 0 Å². The Morgan fingerprint density at radius 3 is 0.564 bits per heavy atom. The van der Waals surface area contributed by atoms with Gasteiger partial charge in [-0.2, -0.15) is 0 Å². The van der Waals surface area contributed by atoms with Crippen molar-refractivity contribution in [2.45, 2.75) is 271 Å². The fourth-order valence-corrected chi connectivity index (χ4v) is 10.5. The lowest BCUT2D eigenvalue weighted by Crippen LogP contribution is -2.16. The van der Waals surface area contributed by atoms with Crippen molar-refractivity contribution in [1.29, 1.82) is 0 Å². The molecular weight excluding hydrogens is 969 g/mol. The standard InChI is InChI=1S/C70H102O8/c1-5-9-13-17-21-25-29-33-37-65(71)75-61-49-41-57(42-50-61)69(58-43-51-62(52-44-58)76-66(72)38-34-30-26-22-18-14-10-6-2)70(59-45-53-63(54-46-59)77-67(73)39-35-31-27-23-19-15-11-7-3)60-47-55-64(56-48-60)78-68(74)40-36-32-28-24-20-16-12-8-4/h41-56,69-70H,5-40H2,1-4H3. The minimum atomic E-state index is -0.292. The molecule has 0 saturated carbocycles. The molecule has 0 aliphatic rings. The van der Waals surface area contributed by atoms with E-state index in [2.05, 4.69) is 27.7 Å². The third-order valence-corrected chi connectivity index (χ3v) is 15.2. The Morgan fingerprint density at radius 1 is 0.244 bits per heavy atom. The molecule has 4 aromatic carbocycles. The summed E-state index contributed by atoms with van der Waals surface area (Å²) in [6, 6.07) is 31.2. The van der Waals surface area contributed by atoms with E-state index in [1.807, 2.05) is 97.1 Å². The van der Waals surface area contributed by atoms with Crippen LogP contribution < -0.4 is 18.9 Å². The van der Waals surface area contributed by atoms with Gasteiger partial charge < -0.3 is 18.9 Å². The minimum Gasteiger partial charge on any atom is -0.427 e. The van der Waals surface area contributed by atoms with Crippen LogP contribution in [0.3, 0.4) is 0 Å². The zero-order valence-corrected chi connectivity index (χ0v) is 49.1. The smallest absolute Gasteiger partial charge is 0.311 e. The van der Waals surface area contributed by atoms with Crippen LogP contribution in [0.15, 0.2) is 97.1 Å². The predicted molar refractivity (Wildman–Crippen MR) is 321 cm³/mol. The topological polar surface area (TPSA) is 105 Å². The summed E-state index contributed by atoms with van der Waals surface area (Å²) in [5, 5.41) is 0. The number of hydrogen-bond acceptors (Lipinski definition) is 8. The van der Waals surface area contributed by atoms with Crippen LogP contribution in [0.4, 0.5) is 0 Å². The molecule has 0 heterocycles. The van der Waals surface area contributed by atoms with Gasteiger partial charge in [-0.05, 0) is 96.5 Å². The zero-order valence-electron chi connectivity index (χ0n) is 49.1. The molecule has 8 nitrogen and oxygen atoms in total. The molecule has 4 aromatic rings. The second kappa shape index (κ2) is 41.8. The Morgan fingerprint density at radius 2 is 0.397 bits per heavy atom. The number of unbranched alkanes of at least 4 members (excludes halogenated alkanes) is 28. The highest BCUT2D eigenvalue weighted by molar-refractivity contribution is 5.74. The molecule has 0 saturated heterocycles. The summed E-state index contributed by atoms with van der Waals surface area (Å²) >= 11 is 0. The molecule has 0 radical (unpaired) electrons. The Labute approximate surface area is 472 Å². The normalized spacial score (nSPS) is 11.3. The van der Waals surface area contributed by atoms with Crippen molar-refractivity contribution < 1.29 is 38.1 Å². The van der Waals surface area contributed by atoms with E-state index in [4.69, 9.17) is 18.9 Å². The maximum absolute atomic E-state index is 13.1. The van der Waals surface area contributed by atoms with Crippen molar-refractivity contribution in [1.82, 2.24) is 0 Å². The molecule has 0 N–H and O–H groups in total. The number of hydrogen-bond donors (Lipinski definition) is 0. The number of benzene rings is 4. The van der Waals surface area contributed by atoms with Crippen LogP contribution in [0.5, 0.6) is 23.0 Å². The molecule has 0 amide bonds. The third-order valence-electron chi connectivity index (χ3n) is 15.2. The van der Waals surface area contributed by atoms with Gasteiger partial charge in [-0.15, -0.1) is 0 Å². The number of carbonyl (C=O) groups excluding carboxylic acids is 4. The van der Waals surface area contributed by atoms with Gasteiger partial charge in [-0.3, -0.25) is 19.2 Å². The van der Waals surface area contributed by atoms with Gasteiger partial charge in [0.25, 0.3) is 0 Å². The predicted octanol–water partition coefficient (Wildman–Crippen LogP) is 20.4. The lowest BCUT2D eigenvalue weighted by molar-refractivity contribution is -0.135. The maximum atomic E-state index is 13.1. The van der Waals surface area contributed by atoms with E-state index in [1.54, 1.807) is 0 Å². The van der Waals surface area contributed by atoms with Crippen LogP contribution in [0, 0.1) is 0 Å². The first-order valence-corrected chi connectivity index (χ1v) is 31.5. The first-order chi connectivity index (χ1) is 38.2. The highest BCUT2D eigenvalue weighted by Gasteiger charge is 2.29. The second-order valence-corrected chi connectivity index (χ2v) is 22.0. The van der Waals surface area contributed by atoms with Gasteiger partial charge in [0.15, 0.2) is 0 Å². The lowest BCUT2D eigenvalue weighted by Gasteiger charge is -2.30. The molecule has 8 heteroatoms. The van der Waals surface area contributed by atoms with Crippen LogP contribution in [0.2, 0.25) is 0 Å². The summed E-state index contributed by atoms with van der Waals surface area (Å²) in [5.41, 5.74) is 3.90. The Hall–Kier alpha value is -5.24. The fourth-order valence-electron chi connectivity index (χ4n) is 10.5. The Bertz CT molecular complexity index is 1870. The van der Waals surface area contributed by atoms with E-state index in [-0.39, 0.29) is 35.7 Å². The molecule has 0 fully saturated rings. The molecule has 0 atom stereocenters. The van der Waals surface area contributed by atoms with Crippen LogP contribution in [0.25, 0.3) is 0 Å². The average molecular weight is 1070 g/mol. The summed E-state index contributed by atoms with van der Waals surface area (Å²) in [6.45, 7) is 8.92. The largest absolute Gasteiger partial charge is 0.427 e. The molecule has 0 unspecified atom stereocenters. The first kappa shape index (κ1) is 65.3. The summed E-state index contributed by atoms with van der Waals surface area (Å²) in [4.78, 5) is 52.2. The van der Waals surface area contributed by atoms with Crippen molar-refractivity contribution in [3.05, 3.63) is 119 Å². The van der Waals surface area contributed by atoms with Gasteiger partial charge in [-0.25, -0.2) is 0 Å². The van der Waals surface area contributed by atoms with Gasteiger partial charge in [0, 0.05) is 37.5 Å². The third kappa shape index (κ3) is 28.1. The van der Waals surface area contributed by atoms with Crippen molar-refractivity contribution >= 4 is 23.9 Å². The summed E-state index contributed by atoms with van der Waals surface area (Å²) < 4.78 is 23.5.